The van der Waals surface area contributed by atoms with Gasteiger partial charge in [0.15, 0.2) is 0 Å². The molecule has 1 saturated heterocycles. The van der Waals surface area contributed by atoms with Gasteiger partial charge in [-0.25, -0.2) is 0 Å². The molecule has 4 aliphatic rings. The predicted molar refractivity (Wildman–Crippen MR) is 152 cm³/mol. The van der Waals surface area contributed by atoms with Gasteiger partial charge in [0.25, 0.3) is 5.89 Å². The normalized spacial score (nSPS) is 23.0. The number of hydrogen-bond donors (Lipinski definition) is 0. The molecular formula is C33H36N4O4. The Balaban J connectivity index is 1.10. The molecule has 0 bridgehead atoms. The van der Waals surface area contributed by atoms with E-state index < -0.39 is 0 Å². The molecule has 212 valence electrons. The molecule has 0 N–H and O–H groups in total. The van der Waals surface area contributed by atoms with Gasteiger partial charge in [0.2, 0.25) is 5.82 Å². The Hall–Kier alpha value is -3.70. The number of esters is 1. The number of carbonyl (C=O) groups is 1. The van der Waals surface area contributed by atoms with Gasteiger partial charge in [0.1, 0.15) is 11.8 Å². The average molecular weight is 553 g/mol. The summed E-state index contributed by atoms with van der Waals surface area (Å²) >= 11 is 0. The smallest absolute Gasteiger partial charge is 0.313 e. The van der Waals surface area contributed by atoms with Gasteiger partial charge >= 0.3 is 5.97 Å². The topological polar surface area (TPSA) is 101 Å². The molecule has 0 radical (unpaired) electrons. The van der Waals surface area contributed by atoms with Gasteiger partial charge in [-0.15, -0.1) is 0 Å². The van der Waals surface area contributed by atoms with E-state index in [0.717, 1.165) is 70.1 Å². The fourth-order valence-corrected chi connectivity index (χ4v) is 7.36. The zero-order chi connectivity index (χ0) is 28.0. The summed E-state index contributed by atoms with van der Waals surface area (Å²) in [6.07, 6.45) is 9.62. The number of likely N-dealkylation sites (tertiary alicyclic amines) is 1. The lowest BCUT2D eigenvalue weighted by Gasteiger charge is -2.27. The van der Waals surface area contributed by atoms with Gasteiger partial charge in [0.05, 0.1) is 23.7 Å². The van der Waals surface area contributed by atoms with Crippen LogP contribution in [0.2, 0.25) is 0 Å². The highest BCUT2D eigenvalue weighted by Gasteiger charge is 2.54. The van der Waals surface area contributed by atoms with Crippen LogP contribution < -0.4 is 4.74 Å². The summed E-state index contributed by atoms with van der Waals surface area (Å²) in [5.74, 6) is 1.57. The first-order valence-corrected chi connectivity index (χ1v) is 15.1. The number of nitrogens with zero attached hydrogens (tertiary/aromatic N) is 4. The molecule has 3 aromatic rings. The van der Waals surface area contributed by atoms with E-state index in [1.54, 1.807) is 6.07 Å². The van der Waals surface area contributed by atoms with Crippen LogP contribution in [0.15, 0.2) is 40.9 Å². The van der Waals surface area contributed by atoms with E-state index in [1.165, 1.54) is 24.0 Å². The van der Waals surface area contributed by atoms with Crippen LogP contribution in [-0.2, 0) is 21.4 Å². The van der Waals surface area contributed by atoms with Crippen molar-refractivity contribution in [2.75, 3.05) is 26.2 Å². The summed E-state index contributed by atoms with van der Waals surface area (Å²) in [4.78, 5) is 19.8. The van der Waals surface area contributed by atoms with Crippen LogP contribution in [0.1, 0.15) is 75.0 Å². The molecule has 1 unspecified atom stereocenters. The number of rotatable bonds is 8. The Kier molecular flexibility index (Phi) is 6.58. The van der Waals surface area contributed by atoms with Gasteiger partial charge in [0, 0.05) is 29.6 Å². The second kappa shape index (κ2) is 10.3. The molecule has 3 aliphatic carbocycles. The molecule has 1 aromatic heterocycles. The van der Waals surface area contributed by atoms with Crippen LogP contribution in [0.4, 0.5) is 0 Å². The van der Waals surface area contributed by atoms with Crippen molar-refractivity contribution in [2.24, 2.45) is 5.41 Å². The van der Waals surface area contributed by atoms with Crippen LogP contribution >= 0.6 is 0 Å². The average Bonchev–Trinajstić information content (AvgIpc) is 3.46. The summed E-state index contributed by atoms with van der Waals surface area (Å²) in [5.41, 5.74) is 4.69. The molecule has 3 fully saturated rings. The monoisotopic (exact) mass is 552 g/mol. The molecule has 41 heavy (non-hydrogen) atoms. The Morgan fingerprint density at radius 2 is 2.02 bits per heavy atom. The van der Waals surface area contributed by atoms with Crippen molar-refractivity contribution in [1.29, 1.82) is 5.26 Å². The Bertz CT molecular complexity index is 1510. The first-order valence-electron chi connectivity index (χ1n) is 15.1. The van der Waals surface area contributed by atoms with Crippen LogP contribution in [0.5, 0.6) is 5.75 Å². The molecule has 0 amide bonds. The van der Waals surface area contributed by atoms with Gasteiger partial charge in [-0.1, -0.05) is 23.4 Å². The maximum atomic E-state index is 12.6. The summed E-state index contributed by atoms with van der Waals surface area (Å²) < 4.78 is 17.2. The highest BCUT2D eigenvalue weighted by atomic mass is 16.5. The van der Waals surface area contributed by atoms with E-state index in [-0.39, 0.29) is 22.9 Å². The molecule has 2 saturated carbocycles. The fourth-order valence-electron chi connectivity index (χ4n) is 7.36. The number of aromatic nitrogens is 2. The van der Waals surface area contributed by atoms with E-state index in [1.807, 2.05) is 19.1 Å². The molecule has 2 aromatic carbocycles. The molecule has 1 aliphatic heterocycles. The first kappa shape index (κ1) is 26.2. The molecular weight excluding hydrogens is 516 g/mol. The van der Waals surface area contributed by atoms with Crippen molar-refractivity contribution in [3.63, 3.8) is 0 Å². The number of fused-ring (bicyclic) bond motifs is 2. The highest BCUT2D eigenvalue weighted by molar-refractivity contribution is 5.80. The van der Waals surface area contributed by atoms with E-state index in [2.05, 4.69) is 34.3 Å². The zero-order valence-electron chi connectivity index (χ0n) is 23.7. The van der Waals surface area contributed by atoms with Crippen molar-refractivity contribution < 1.29 is 18.8 Å². The van der Waals surface area contributed by atoms with Gasteiger partial charge in [-0.05, 0) is 101 Å². The fraction of sp³-hybridized carbons (Fsp3) is 0.515. The lowest BCUT2D eigenvalue weighted by atomic mass is 9.81. The van der Waals surface area contributed by atoms with E-state index in [9.17, 15) is 10.1 Å². The largest absolute Gasteiger partial charge is 0.489 e. The minimum Gasteiger partial charge on any atom is -0.489 e. The lowest BCUT2D eigenvalue weighted by molar-refractivity contribution is -0.150. The quantitative estimate of drug-likeness (QED) is 0.322. The number of ether oxygens (including phenoxy) is 2. The number of hydrogen-bond acceptors (Lipinski definition) is 8. The molecule has 8 nitrogen and oxygen atoms in total. The zero-order valence-corrected chi connectivity index (χ0v) is 23.7. The number of carbonyl (C=O) groups excluding carboxylic acids is 1. The van der Waals surface area contributed by atoms with Crippen molar-refractivity contribution in [3.8, 4) is 34.7 Å². The highest BCUT2D eigenvalue weighted by Crippen LogP contribution is 2.52. The maximum absolute atomic E-state index is 12.6. The Morgan fingerprint density at radius 3 is 2.80 bits per heavy atom. The van der Waals surface area contributed by atoms with Crippen LogP contribution in [-0.4, -0.2) is 53.4 Å². The van der Waals surface area contributed by atoms with Crippen LogP contribution in [0, 0.1) is 16.7 Å². The third kappa shape index (κ3) is 4.70. The maximum Gasteiger partial charge on any atom is 0.313 e. The van der Waals surface area contributed by atoms with Gasteiger partial charge < -0.3 is 18.9 Å². The minimum atomic E-state index is -0.294. The summed E-state index contributed by atoms with van der Waals surface area (Å²) in [6, 6.07) is 14.2. The summed E-state index contributed by atoms with van der Waals surface area (Å²) in [5, 5.41) is 14.1. The van der Waals surface area contributed by atoms with Gasteiger partial charge in [-0.2, -0.15) is 10.2 Å². The standard InChI is InChI=1S/C33H36N4O4/c1-2-39-31(38)33(14-15-33)21-37-17-16-32(20-37)13-12-25-26(8-5-9-27(25)32)29-35-30(41-36-29)22-10-11-28(23(18-22)19-34)40-24-6-3-4-7-24/h5,8-11,18,24H,2-4,6-7,12-17,20-21H2,1H3. The van der Waals surface area contributed by atoms with Crippen LogP contribution in [0.3, 0.4) is 0 Å². The Labute approximate surface area is 240 Å². The predicted octanol–water partition coefficient (Wildman–Crippen LogP) is 5.83. The second-order valence-electron chi connectivity index (χ2n) is 12.3. The SMILES string of the molecule is CCOC(=O)C1(CN2CCC3(CCc4c(-c5noc(-c6ccc(OC7CCCC7)c(C#N)c6)n5)cccc43)C2)CC1. The summed E-state index contributed by atoms with van der Waals surface area (Å²) in [6.45, 7) is 5.09. The third-order valence-electron chi connectivity index (χ3n) is 9.73. The molecule has 2 heterocycles. The van der Waals surface area contributed by atoms with Gasteiger partial charge in [-0.3, -0.25) is 4.79 Å². The molecule has 1 spiro atoms. The summed E-state index contributed by atoms with van der Waals surface area (Å²) in [7, 11) is 0. The molecule has 7 rings (SSSR count). The van der Waals surface area contributed by atoms with E-state index in [4.69, 9.17) is 19.0 Å². The lowest BCUT2D eigenvalue weighted by Crippen LogP contribution is -2.36. The first-order chi connectivity index (χ1) is 20.0. The molecule has 8 heteroatoms. The number of nitriles is 1. The van der Waals surface area contributed by atoms with Crippen molar-refractivity contribution in [2.45, 2.75) is 76.2 Å². The van der Waals surface area contributed by atoms with Crippen molar-refractivity contribution >= 4 is 5.97 Å². The van der Waals surface area contributed by atoms with E-state index in [0.29, 0.717) is 35.2 Å². The molecule has 1 atom stereocenters. The number of benzene rings is 2. The Morgan fingerprint density at radius 1 is 1.17 bits per heavy atom. The van der Waals surface area contributed by atoms with Crippen molar-refractivity contribution in [1.82, 2.24) is 15.0 Å². The van der Waals surface area contributed by atoms with Crippen molar-refractivity contribution in [3.05, 3.63) is 53.1 Å². The van der Waals surface area contributed by atoms with E-state index >= 15 is 0 Å². The second-order valence-corrected chi connectivity index (χ2v) is 12.3. The minimum absolute atomic E-state index is 0.0270. The third-order valence-corrected chi connectivity index (χ3v) is 9.73. The van der Waals surface area contributed by atoms with Crippen LogP contribution in [0.25, 0.3) is 22.8 Å².